The summed E-state index contributed by atoms with van der Waals surface area (Å²) in [5, 5.41) is 1.07. The number of hydrogen-bond donors (Lipinski definition) is 1. The maximum absolute atomic E-state index is 12.4. The van der Waals surface area contributed by atoms with Crippen LogP contribution in [0, 0.1) is 0 Å². The van der Waals surface area contributed by atoms with Crippen molar-refractivity contribution in [2.45, 2.75) is 33.2 Å². The lowest BCUT2D eigenvalue weighted by Gasteiger charge is -2.20. The standard InChI is InChI=1S/C22H26F3N3O/c1-3-27(4-2)11-12-28-19(15-17-14-18(26)7-10-21(17)28)13-16-5-8-20(9-6-16)29-22(23,24)25/h5-10,14-15H,3-4,11-13,26H2,1-2H3. The number of nitrogens with two attached hydrogens (primary N) is 1. The zero-order chi connectivity index (χ0) is 21.0. The molecule has 2 N–H and O–H groups in total. The fraction of sp³-hybridized carbons (Fsp3) is 0.364. The fourth-order valence-electron chi connectivity index (χ4n) is 3.56. The highest BCUT2D eigenvalue weighted by Gasteiger charge is 2.30. The van der Waals surface area contributed by atoms with E-state index in [2.05, 4.69) is 34.1 Å². The molecule has 4 nitrogen and oxygen atoms in total. The van der Waals surface area contributed by atoms with E-state index < -0.39 is 6.36 Å². The molecule has 3 aromatic rings. The van der Waals surface area contributed by atoms with Crippen molar-refractivity contribution in [3.63, 3.8) is 0 Å². The van der Waals surface area contributed by atoms with Crippen molar-refractivity contribution in [2.75, 3.05) is 25.4 Å². The Morgan fingerprint density at radius 2 is 1.69 bits per heavy atom. The van der Waals surface area contributed by atoms with Crippen LogP contribution in [0.15, 0.2) is 48.5 Å². The number of fused-ring (bicyclic) bond motifs is 1. The molecule has 7 heteroatoms. The second kappa shape index (κ2) is 8.78. The maximum Gasteiger partial charge on any atom is 0.573 e. The summed E-state index contributed by atoms with van der Waals surface area (Å²) >= 11 is 0. The van der Waals surface area contributed by atoms with Gasteiger partial charge >= 0.3 is 6.36 Å². The van der Waals surface area contributed by atoms with Crippen LogP contribution in [0.1, 0.15) is 25.1 Å². The topological polar surface area (TPSA) is 43.4 Å². The second-order valence-corrected chi connectivity index (χ2v) is 7.00. The number of hydrogen-bond acceptors (Lipinski definition) is 3. The van der Waals surface area contributed by atoms with Gasteiger partial charge in [-0.2, -0.15) is 0 Å². The molecular formula is C22H26F3N3O. The third-order valence-corrected chi connectivity index (χ3v) is 5.09. The van der Waals surface area contributed by atoms with Crippen LogP contribution in [0.5, 0.6) is 5.75 Å². The number of aromatic nitrogens is 1. The third kappa shape index (κ3) is 5.44. The van der Waals surface area contributed by atoms with Gasteiger partial charge in [-0.1, -0.05) is 26.0 Å². The van der Waals surface area contributed by atoms with Gasteiger partial charge in [0.05, 0.1) is 0 Å². The smallest absolute Gasteiger partial charge is 0.406 e. The number of ether oxygens (including phenoxy) is 1. The third-order valence-electron chi connectivity index (χ3n) is 5.09. The van der Waals surface area contributed by atoms with Crippen LogP contribution in [-0.2, 0) is 13.0 Å². The van der Waals surface area contributed by atoms with Gasteiger partial charge in [-0.3, -0.25) is 0 Å². The normalized spacial score (nSPS) is 12.1. The van der Waals surface area contributed by atoms with E-state index >= 15 is 0 Å². The molecule has 0 saturated carbocycles. The average Bonchev–Trinajstić information content (AvgIpc) is 2.99. The highest BCUT2D eigenvalue weighted by Crippen LogP contribution is 2.26. The molecule has 156 valence electrons. The lowest BCUT2D eigenvalue weighted by Crippen LogP contribution is -2.27. The van der Waals surface area contributed by atoms with Gasteiger partial charge in [0.25, 0.3) is 0 Å². The zero-order valence-corrected chi connectivity index (χ0v) is 16.7. The monoisotopic (exact) mass is 405 g/mol. The van der Waals surface area contributed by atoms with Crippen LogP contribution in [-0.4, -0.2) is 35.5 Å². The molecule has 0 atom stereocenters. The zero-order valence-electron chi connectivity index (χ0n) is 16.7. The number of halogens is 3. The molecular weight excluding hydrogens is 379 g/mol. The minimum absolute atomic E-state index is 0.212. The van der Waals surface area contributed by atoms with Crippen molar-refractivity contribution >= 4 is 16.6 Å². The molecule has 0 aliphatic carbocycles. The number of benzene rings is 2. The minimum atomic E-state index is -4.68. The summed E-state index contributed by atoms with van der Waals surface area (Å²) in [5.74, 6) is -0.212. The number of nitrogens with zero attached hydrogens (tertiary/aromatic N) is 2. The number of anilines is 1. The van der Waals surface area contributed by atoms with Crippen molar-refractivity contribution in [2.24, 2.45) is 0 Å². The fourth-order valence-corrected chi connectivity index (χ4v) is 3.56. The van der Waals surface area contributed by atoms with Gasteiger partial charge in [-0.05, 0) is 55.1 Å². The number of alkyl halides is 3. The summed E-state index contributed by atoms with van der Waals surface area (Å²) in [4.78, 5) is 2.36. The van der Waals surface area contributed by atoms with Crippen LogP contribution >= 0.6 is 0 Å². The van der Waals surface area contributed by atoms with Crippen molar-refractivity contribution in [3.05, 3.63) is 59.8 Å². The molecule has 0 unspecified atom stereocenters. The molecule has 0 radical (unpaired) electrons. The van der Waals surface area contributed by atoms with Crippen LogP contribution < -0.4 is 10.5 Å². The maximum atomic E-state index is 12.4. The molecule has 0 aliphatic heterocycles. The average molecular weight is 405 g/mol. The van der Waals surface area contributed by atoms with Gasteiger partial charge in [0.1, 0.15) is 5.75 Å². The first-order valence-corrected chi connectivity index (χ1v) is 9.73. The largest absolute Gasteiger partial charge is 0.573 e. The predicted octanol–water partition coefficient (Wildman–Crippen LogP) is 5.05. The lowest BCUT2D eigenvalue weighted by molar-refractivity contribution is -0.274. The number of rotatable bonds is 8. The second-order valence-electron chi connectivity index (χ2n) is 7.00. The quantitative estimate of drug-likeness (QED) is 0.533. The Morgan fingerprint density at radius 3 is 2.31 bits per heavy atom. The summed E-state index contributed by atoms with van der Waals surface area (Å²) in [6.07, 6.45) is -4.07. The number of likely N-dealkylation sites (N-methyl/N-ethyl adjacent to an activating group) is 1. The summed E-state index contributed by atoms with van der Waals surface area (Å²) in [5.41, 5.74) is 9.78. The van der Waals surface area contributed by atoms with Crippen LogP contribution in [0.2, 0.25) is 0 Å². The van der Waals surface area contributed by atoms with Gasteiger partial charge in [0.2, 0.25) is 0 Å². The van der Waals surface area contributed by atoms with Crippen LogP contribution in [0.3, 0.4) is 0 Å². The van der Waals surface area contributed by atoms with E-state index in [0.29, 0.717) is 12.1 Å². The molecule has 1 aromatic heterocycles. The van der Waals surface area contributed by atoms with Crippen LogP contribution in [0.25, 0.3) is 10.9 Å². The first kappa shape index (κ1) is 21.0. The van der Waals surface area contributed by atoms with Gasteiger partial charge in [-0.15, -0.1) is 13.2 Å². The van der Waals surface area contributed by atoms with E-state index in [4.69, 9.17) is 5.73 Å². The van der Waals surface area contributed by atoms with E-state index in [1.807, 2.05) is 18.2 Å². The Balaban J connectivity index is 1.86. The Labute approximate surface area is 168 Å². The van der Waals surface area contributed by atoms with Crippen molar-refractivity contribution in [1.82, 2.24) is 9.47 Å². The van der Waals surface area contributed by atoms with E-state index in [-0.39, 0.29) is 5.75 Å². The minimum Gasteiger partial charge on any atom is -0.406 e. The summed E-state index contributed by atoms with van der Waals surface area (Å²) < 4.78 is 43.3. The predicted molar refractivity (Wildman–Crippen MR) is 110 cm³/mol. The Kier molecular flexibility index (Phi) is 6.37. The molecule has 3 rings (SSSR count). The molecule has 2 aromatic carbocycles. The van der Waals surface area contributed by atoms with Gasteiger partial charge in [0, 0.05) is 41.8 Å². The van der Waals surface area contributed by atoms with Crippen LogP contribution in [0.4, 0.5) is 18.9 Å². The van der Waals surface area contributed by atoms with Crippen molar-refractivity contribution in [3.8, 4) is 5.75 Å². The molecule has 0 amide bonds. The highest BCUT2D eigenvalue weighted by molar-refractivity contribution is 5.84. The first-order valence-electron chi connectivity index (χ1n) is 9.73. The summed E-state index contributed by atoms with van der Waals surface area (Å²) in [6, 6.07) is 14.0. The van der Waals surface area contributed by atoms with Crippen molar-refractivity contribution in [1.29, 1.82) is 0 Å². The lowest BCUT2D eigenvalue weighted by atomic mass is 10.1. The Bertz CT molecular complexity index is 944. The van der Waals surface area contributed by atoms with E-state index in [1.165, 1.54) is 12.1 Å². The van der Waals surface area contributed by atoms with Gasteiger partial charge in [-0.25, -0.2) is 0 Å². The van der Waals surface area contributed by atoms with E-state index in [0.717, 1.165) is 48.3 Å². The summed E-state index contributed by atoms with van der Waals surface area (Å²) in [6.45, 7) is 8.01. The van der Waals surface area contributed by atoms with E-state index in [9.17, 15) is 13.2 Å². The van der Waals surface area contributed by atoms with Crippen molar-refractivity contribution < 1.29 is 17.9 Å². The first-order chi connectivity index (χ1) is 13.8. The Hall–Kier alpha value is -2.67. The molecule has 0 spiro atoms. The van der Waals surface area contributed by atoms with E-state index in [1.54, 1.807) is 12.1 Å². The molecule has 1 heterocycles. The molecule has 0 aliphatic rings. The number of nitrogen functional groups attached to an aromatic ring is 1. The molecule has 0 fully saturated rings. The molecule has 29 heavy (non-hydrogen) atoms. The summed E-state index contributed by atoms with van der Waals surface area (Å²) in [7, 11) is 0. The Morgan fingerprint density at radius 1 is 1.00 bits per heavy atom. The SMILES string of the molecule is CCN(CC)CCn1c(Cc2ccc(OC(F)(F)F)cc2)cc2cc(N)ccc21. The van der Waals surface area contributed by atoms with Gasteiger partial charge < -0.3 is 19.9 Å². The molecule has 0 saturated heterocycles. The highest BCUT2D eigenvalue weighted by atomic mass is 19.4. The molecule has 0 bridgehead atoms. The van der Waals surface area contributed by atoms with Gasteiger partial charge in [0.15, 0.2) is 0 Å².